The van der Waals surface area contributed by atoms with Crippen molar-refractivity contribution in [2.24, 2.45) is 0 Å². The third-order valence-electron chi connectivity index (χ3n) is 5.30. The van der Waals surface area contributed by atoms with Crippen molar-refractivity contribution >= 4 is 39.5 Å². The third kappa shape index (κ3) is 5.97. The first-order chi connectivity index (χ1) is 16.6. The van der Waals surface area contributed by atoms with Gasteiger partial charge in [0.15, 0.2) is 0 Å². The number of aliphatic hydroxyl groups excluding tert-OH is 1. The number of hydrogen-bond donors (Lipinski definition) is 4. The standard InChI is InChI=1S/C24H28N6O3S/c31-15-12-26-22-16-21(8-9-23(22)34(32,33)30-13-10-25-11-14-30)29-24-27-17-20(18-28-24)7-6-19-4-2-1-3-5-19/h1-9,16-18,25-26,31H,10-15H2,(H,27,28,29). The second kappa shape index (κ2) is 11.2. The summed E-state index contributed by atoms with van der Waals surface area (Å²) in [6.45, 7) is 2.18. The minimum absolute atomic E-state index is 0.119. The summed E-state index contributed by atoms with van der Waals surface area (Å²) in [5, 5.41) is 18.5. The van der Waals surface area contributed by atoms with Gasteiger partial charge in [-0.15, -0.1) is 0 Å². The quantitative estimate of drug-likeness (QED) is 0.369. The highest BCUT2D eigenvalue weighted by Crippen LogP contribution is 2.29. The lowest BCUT2D eigenvalue weighted by atomic mass is 10.2. The number of nitrogens with zero attached hydrogens (tertiary/aromatic N) is 3. The van der Waals surface area contributed by atoms with Crippen molar-refractivity contribution in [1.29, 1.82) is 0 Å². The summed E-state index contributed by atoms with van der Waals surface area (Å²) in [7, 11) is -3.67. The molecule has 0 unspecified atom stereocenters. The molecule has 1 aromatic heterocycles. The number of aliphatic hydroxyl groups is 1. The Morgan fingerprint density at radius 3 is 2.41 bits per heavy atom. The fourth-order valence-corrected chi connectivity index (χ4v) is 5.15. The van der Waals surface area contributed by atoms with Crippen molar-refractivity contribution in [2.45, 2.75) is 4.90 Å². The topological polar surface area (TPSA) is 119 Å². The van der Waals surface area contributed by atoms with E-state index in [9.17, 15) is 13.5 Å². The molecule has 0 atom stereocenters. The summed E-state index contributed by atoms with van der Waals surface area (Å²) in [6, 6.07) is 14.9. The van der Waals surface area contributed by atoms with E-state index in [1.165, 1.54) is 4.31 Å². The van der Waals surface area contributed by atoms with E-state index < -0.39 is 10.0 Å². The average Bonchev–Trinajstić information content (AvgIpc) is 2.88. The van der Waals surface area contributed by atoms with Crippen LogP contribution in [-0.4, -0.2) is 67.1 Å². The predicted octanol–water partition coefficient (Wildman–Crippen LogP) is 2.39. The molecular weight excluding hydrogens is 452 g/mol. The van der Waals surface area contributed by atoms with E-state index in [0.29, 0.717) is 43.5 Å². The van der Waals surface area contributed by atoms with E-state index in [1.54, 1.807) is 30.6 Å². The molecule has 178 valence electrons. The van der Waals surface area contributed by atoms with E-state index in [4.69, 9.17) is 0 Å². The molecule has 9 nitrogen and oxygen atoms in total. The molecule has 2 heterocycles. The molecule has 1 saturated heterocycles. The number of hydrogen-bond acceptors (Lipinski definition) is 8. The summed E-state index contributed by atoms with van der Waals surface area (Å²) in [5.41, 5.74) is 2.99. The van der Waals surface area contributed by atoms with Crippen LogP contribution >= 0.6 is 0 Å². The molecule has 0 amide bonds. The van der Waals surface area contributed by atoms with Crippen LogP contribution < -0.4 is 16.0 Å². The zero-order valence-electron chi connectivity index (χ0n) is 18.7. The Bertz CT molecular complexity index is 1210. The normalized spacial score (nSPS) is 14.9. The molecule has 1 fully saturated rings. The second-order valence-electron chi connectivity index (χ2n) is 7.72. The van der Waals surface area contributed by atoms with Crippen LogP contribution in [0, 0.1) is 0 Å². The zero-order valence-corrected chi connectivity index (χ0v) is 19.5. The SMILES string of the molecule is O=S(=O)(c1ccc(Nc2ncc(C=Cc3ccccc3)cn2)cc1NCCO)N1CCNCC1. The Labute approximate surface area is 199 Å². The molecule has 3 aromatic rings. The van der Waals surface area contributed by atoms with Crippen LogP contribution in [-0.2, 0) is 10.0 Å². The van der Waals surface area contributed by atoms with Gasteiger partial charge in [-0.3, -0.25) is 0 Å². The van der Waals surface area contributed by atoms with Crippen LogP contribution in [0.5, 0.6) is 0 Å². The van der Waals surface area contributed by atoms with Gasteiger partial charge in [0.25, 0.3) is 0 Å². The van der Waals surface area contributed by atoms with Gasteiger partial charge in [-0.05, 0) is 23.8 Å². The lowest BCUT2D eigenvalue weighted by Gasteiger charge is -2.27. The highest BCUT2D eigenvalue weighted by atomic mass is 32.2. The minimum Gasteiger partial charge on any atom is -0.395 e. The Kier molecular flexibility index (Phi) is 7.86. The van der Waals surface area contributed by atoms with Gasteiger partial charge in [-0.1, -0.05) is 42.5 Å². The molecule has 4 N–H and O–H groups in total. The summed E-state index contributed by atoms with van der Waals surface area (Å²) in [4.78, 5) is 8.89. The van der Waals surface area contributed by atoms with Crippen LogP contribution in [0.25, 0.3) is 12.2 Å². The molecule has 1 aliphatic heterocycles. The van der Waals surface area contributed by atoms with Crippen molar-refractivity contribution in [3.63, 3.8) is 0 Å². The zero-order chi connectivity index (χ0) is 23.8. The number of benzene rings is 2. The largest absolute Gasteiger partial charge is 0.395 e. The van der Waals surface area contributed by atoms with Crippen molar-refractivity contribution in [1.82, 2.24) is 19.6 Å². The van der Waals surface area contributed by atoms with Crippen LogP contribution in [0.2, 0.25) is 0 Å². The molecule has 0 bridgehead atoms. The van der Waals surface area contributed by atoms with Crippen LogP contribution in [0.4, 0.5) is 17.3 Å². The van der Waals surface area contributed by atoms with Gasteiger partial charge in [0.05, 0.1) is 12.3 Å². The van der Waals surface area contributed by atoms with Gasteiger partial charge in [0.2, 0.25) is 16.0 Å². The molecule has 34 heavy (non-hydrogen) atoms. The first kappa shape index (κ1) is 23.8. The number of aromatic nitrogens is 2. The average molecular weight is 481 g/mol. The fourth-order valence-electron chi connectivity index (χ4n) is 3.56. The molecule has 0 saturated carbocycles. The fraction of sp³-hybridized carbons (Fsp3) is 0.250. The molecule has 10 heteroatoms. The smallest absolute Gasteiger partial charge is 0.245 e. The maximum Gasteiger partial charge on any atom is 0.245 e. The first-order valence-electron chi connectivity index (χ1n) is 11.1. The molecule has 1 aliphatic rings. The Balaban J connectivity index is 1.51. The maximum absolute atomic E-state index is 13.2. The van der Waals surface area contributed by atoms with Gasteiger partial charge >= 0.3 is 0 Å². The lowest BCUT2D eigenvalue weighted by molar-refractivity contribution is 0.311. The van der Waals surface area contributed by atoms with E-state index >= 15 is 0 Å². The third-order valence-corrected chi connectivity index (χ3v) is 7.25. The van der Waals surface area contributed by atoms with E-state index in [1.807, 2.05) is 42.5 Å². The summed E-state index contributed by atoms with van der Waals surface area (Å²) in [5.74, 6) is 0.391. The summed E-state index contributed by atoms with van der Waals surface area (Å²) in [6.07, 6.45) is 7.35. The van der Waals surface area contributed by atoms with E-state index in [2.05, 4.69) is 25.9 Å². The highest BCUT2D eigenvalue weighted by Gasteiger charge is 2.28. The Morgan fingerprint density at radius 2 is 1.71 bits per heavy atom. The maximum atomic E-state index is 13.2. The summed E-state index contributed by atoms with van der Waals surface area (Å²) >= 11 is 0. The molecule has 2 aromatic carbocycles. The monoisotopic (exact) mass is 480 g/mol. The predicted molar refractivity (Wildman–Crippen MR) is 134 cm³/mol. The van der Waals surface area contributed by atoms with Crippen molar-refractivity contribution in [3.05, 3.63) is 72.1 Å². The number of piperazine rings is 1. The number of rotatable bonds is 9. The van der Waals surface area contributed by atoms with Crippen molar-refractivity contribution < 1.29 is 13.5 Å². The van der Waals surface area contributed by atoms with Gasteiger partial charge in [-0.25, -0.2) is 18.4 Å². The molecule has 0 spiro atoms. The van der Waals surface area contributed by atoms with Crippen molar-refractivity contribution in [3.8, 4) is 0 Å². The van der Waals surface area contributed by atoms with Gasteiger partial charge in [0, 0.05) is 56.4 Å². The minimum atomic E-state index is -3.67. The summed E-state index contributed by atoms with van der Waals surface area (Å²) < 4.78 is 27.8. The Hall–Kier alpha value is -3.31. The van der Waals surface area contributed by atoms with Crippen LogP contribution in [0.1, 0.15) is 11.1 Å². The molecule has 0 radical (unpaired) electrons. The second-order valence-corrected chi connectivity index (χ2v) is 9.63. The molecular formula is C24H28N6O3S. The number of sulfonamides is 1. The van der Waals surface area contributed by atoms with Gasteiger partial charge in [-0.2, -0.15) is 4.31 Å². The lowest BCUT2D eigenvalue weighted by Crippen LogP contribution is -2.46. The van der Waals surface area contributed by atoms with Crippen molar-refractivity contribution in [2.75, 3.05) is 50.0 Å². The van der Waals surface area contributed by atoms with E-state index in [-0.39, 0.29) is 18.0 Å². The number of nitrogens with one attached hydrogen (secondary N) is 3. The number of anilines is 3. The van der Waals surface area contributed by atoms with Gasteiger partial charge in [0.1, 0.15) is 4.90 Å². The van der Waals surface area contributed by atoms with Gasteiger partial charge < -0.3 is 21.1 Å². The first-order valence-corrected chi connectivity index (χ1v) is 12.5. The molecule has 0 aliphatic carbocycles. The van der Waals surface area contributed by atoms with Crippen LogP contribution in [0.15, 0.2) is 65.8 Å². The molecule has 4 rings (SSSR count). The Morgan fingerprint density at radius 1 is 1.00 bits per heavy atom. The highest BCUT2D eigenvalue weighted by molar-refractivity contribution is 7.89. The van der Waals surface area contributed by atoms with Crippen LogP contribution in [0.3, 0.4) is 0 Å². The van der Waals surface area contributed by atoms with E-state index in [0.717, 1.165) is 11.1 Å².